The smallest absolute Gasteiger partial charge is 0.158 e. The molecule has 4 heteroatoms. The van der Waals surface area contributed by atoms with Crippen LogP contribution in [0.3, 0.4) is 0 Å². The second kappa shape index (κ2) is 3.14. The maximum Gasteiger partial charge on any atom is 0.158 e. The Balaban J connectivity index is 2.48. The van der Waals surface area contributed by atoms with Crippen molar-refractivity contribution in [3.8, 4) is 0 Å². The van der Waals surface area contributed by atoms with Crippen molar-refractivity contribution in [2.45, 2.75) is 19.4 Å². The fourth-order valence-corrected chi connectivity index (χ4v) is 1.41. The molecule has 1 atom stereocenters. The van der Waals surface area contributed by atoms with Gasteiger partial charge in [0, 0.05) is 12.2 Å². The summed E-state index contributed by atoms with van der Waals surface area (Å²) in [6.45, 7) is 1.99. The third-order valence-electron chi connectivity index (χ3n) is 1.93. The van der Waals surface area contributed by atoms with Crippen molar-refractivity contribution >= 4 is 5.65 Å². The van der Waals surface area contributed by atoms with Crippen molar-refractivity contribution in [3.63, 3.8) is 0 Å². The molecule has 2 rings (SSSR count). The predicted octanol–water partition coefficient (Wildman–Crippen LogP) is 0.619. The molecular weight excluding hydrogens is 164 g/mol. The molecule has 0 aromatic carbocycles. The first-order valence-electron chi connectivity index (χ1n) is 4.30. The number of pyridine rings is 1. The number of nitrogens with two attached hydrogens (primary N) is 1. The van der Waals surface area contributed by atoms with Crippen LogP contribution in [0.2, 0.25) is 0 Å². The van der Waals surface area contributed by atoms with Crippen molar-refractivity contribution in [1.82, 2.24) is 14.6 Å². The van der Waals surface area contributed by atoms with Gasteiger partial charge in [-0.1, -0.05) is 6.07 Å². The summed E-state index contributed by atoms with van der Waals surface area (Å²) in [6, 6.07) is 4.15. The topological polar surface area (TPSA) is 56.2 Å². The fraction of sp³-hybridized carbons (Fsp3) is 0.333. The summed E-state index contributed by atoms with van der Waals surface area (Å²) in [6.07, 6.45) is 4.27. The number of nitrogens with zero attached hydrogens (tertiary/aromatic N) is 3. The van der Waals surface area contributed by atoms with Gasteiger partial charge < -0.3 is 5.73 Å². The molecule has 0 radical (unpaired) electrons. The van der Waals surface area contributed by atoms with Crippen LogP contribution in [-0.4, -0.2) is 20.6 Å². The van der Waals surface area contributed by atoms with Gasteiger partial charge in [0.1, 0.15) is 6.33 Å². The molecule has 0 aliphatic heterocycles. The van der Waals surface area contributed by atoms with Crippen molar-refractivity contribution < 1.29 is 0 Å². The van der Waals surface area contributed by atoms with Crippen LogP contribution in [0.1, 0.15) is 12.5 Å². The summed E-state index contributed by atoms with van der Waals surface area (Å²) >= 11 is 0. The summed E-state index contributed by atoms with van der Waals surface area (Å²) in [5.41, 5.74) is 7.78. The van der Waals surface area contributed by atoms with E-state index in [1.807, 2.05) is 25.3 Å². The van der Waals surface area contributed by atoms with Crippen LogP contribution >= 0.6 is 0 Å². The highest BCUT2D eigenvalue weighted by Gasteiger charge is 2.04. The van der Waals surface area contributed by atoms with E-state index in [1.165, 1.54) is 0 Å². The normalized spacial score (nSPS) is 13.4. The molecule has 1 unspecified atom stereocenters. The van der Waals surface area contributed by atoms with Gasteiger partial charge in [-0.15, -0.1) is 0 Å². The van der Waals surface area contributed by atoms with Crippen LogP contribution in [0.4, 0.5) is 0 Å². The third kappa shape index (κ3) is 1.53. The number of fused-ring (bicyclic) bond motifs is 1. The van der Waals surface area contributed by atoms with Crippen molar-refractivity contribution in [2.24, 2.45) is 5.73 Å². The Kier molecular flexibility index (Phi) is 1.98. The third-order valence-corrected chi connectivity index (χ3v) is 1.93. The highest BCUT2D eigenvalue weighted by atomic mass is 15.3. The lowest BCUT2D eigenvalue weighted by atomic mass is 10.1. The lowest BCUT2D eigenvalue weighted by Crippen LogP contribution is -2.18. The molecule has 0 spiro atoms. The van der Waals surface area contributed by atoms with E-state index < -0.39 is 0 Å². The van der Waals surface area contributed by atoms with Crippen LogP contribution in [0.5, 0.6) is 0 Å². The largest absolute Gasteiger partial charge is 0.328 e. The van der Waals surface area contributed by atoms with Gasteiger partial charge in [0.2, 0.25) is 0 Å². The SMILES string of the molecule is CC(N)Cc1cccn2ncnc12. The van der Waals surface area contributed by atoms with Crippen molar-refractivity contribution in [1.29, 1.82) is 0 Å². The molecule has 0 aliphatic rings. The van der Waals surface area contributed by atoms with E-state index in [4.69, 9.17) is 5.73 Å². The van der Waals surface area contributed by atoms with E-state index in [0.29, 0.717) is 0 Å². The molecule has 2 aromatic heterocycles. The summed E-state index contributed by atoms with van der Waals surface area (Å²) in [4.78, 5) is 4.17. The zero-order chi connectivity index (χ0) is 9.26. The van der Waals surface area contributed by atoms with Gasteiger partial charge in [-0.25, -0.2) is 9.50 Å². The quantitative estimate of drug-likeness (QED) is 0.729. The van der Waals surface area contributed by atoms with Gasteiger partial charge >= 0.3 is 0 Å². The highest BCUT2D eigenvalue weighted by molar-refractivity contribution is 5.46. The molecular formula is C9H12N4. The van der Waals surface area contributed by atoms with Crippen LogP contribution in [0, 0.1) is 0 Å². The summed E-state index contributed by atoms with van der Waals surface area (Å²) in [5.74, 6) is 0. The Morgan fingerprint density at radius 1 is 1.62 bits per heavy atom. The molecule has 2 N–H and O–H groups in total. The maximum absolute atomic E-state index is 5.73. The number of rotatable bonds is 2. The van der Waals surface area contributed by atoms with Crippen LogP contribution in [-0.2, 0) is 6.42 Å². The molecule has 0 amide bonds. The van der Waals surface area contributed by atoms with Crippen LogP contribution < -0.4 is 5.73 Å². The van der Waals surface area contributed by atoms with Crippen LogP contribution in [0.25, 0.3) is 5.65 Å². The minimum Gasteiger partial charge on any atom is -0.328 e. The van der Waals surface area contributed by atoms with Crippen LogP contribution in [0.15, 0.2) is 24.7 Å². The monoisotopic (exact) mass is 176 g/mol. The van der Waals surface area contributed by atoms with E-state index >= 15 is 0 Å². The molecule has 2 heterocycles. The first kappa shape index (κ1) is 8.19. The summed E-state index contributed by atoms with van der Waals surface area (Å²) in [5, 5.41) is 4.05. The first-order chi connectivity index (χ1) is 6.27. The Morgan fingerprint density at radius 2 is 2.46 bits per heavy atom. The molecule has 13 heavy (non-hydrogen) atoms. The lowest BCUT2D eigenvalue weighted by Gasteiger charge is -2.05. The molecule has 0 aliphatic carbocycles. The molecule has 0 saturated heterocycles. The Morgan fingerprint density at radius 3 is 3.23 bits per heavy atom. The lowest BCUT2D eigenvalue weighted by molar-refractivity contribution is 0.736. The molecule has 0 fully saturated rings. The Hall–Kier alpha value is -1.42. The van der Waals surface area contributed by atoms with Gasteiger partial charge in [0.25, 0.3) is 0 Å². The van der Waals surface area contributed by atoms with E-state index in [2.05, 4.69) is 10.1 Å². The first-order valence-corrected chi connectivity index (χ1v) is 4.30. The molecule has 68 valence electrons. The zero-order valence-electron chi connectivity index (χ0n) is 7.51. The van der Waals surface area contributed by atoms with E-state index in [-0.39, 0.29) is 6.04 Å². The van der Waals surface area contributed by atoms with Gasteiger partial charge in [0.15, 0.2) is 5.65 Å². The summed E-state index contributed by atoms with van der Waals surface area (Å²) < 4.78 is 1.76. The highest BCUT2D eigenvalue weighted by Crippen LogP contribution is 2.08. The second-order valence-electron chi connectivity index (χ2n) is 3.24. The summed E-state index contributed by atoms with van der Waals surface area (Å²) in [7, 11) is 0. The van der Waals surface area contributed by atoms with E-state index in [9.17, 15) is 0 Å². The standard InChI is InChI=1S/C9H12N4/c1-7(10)5-8-3-2-4-13-9(8)11-6-12-13/h2-4,6-7H,5,10H2,1H3. The van der Waals surface area contributed by atoms with Crippen molar-refractivity contribution in [3.05, 3.63) is 30.2 Å². The van der Waals surface area contributed by atoms with Gasteiger partial charge in [-0.05, 0) is 25.0 Å². The fourth-order valence-electron chi connectivity index (χ4n) is 1.41. The number of aromatic nitrogens is 3. The van der Waals surface area contributed by atoms with E-state index in [0.717, 1.165) is 17.6 Å². The van der Waals surface area contributed by atoms with Gasteiger partial charge in [-0.3, -0.25) is 0 Å². The average Bonchev–Trinajstić information content (AvgIpc) is 2.51. The number of hydrogen-bond acceptors (Lipinski definition) is 3. The second-order valence-corrected chi connectivity index (χ2v) is 3.24. The minimum atomic E-state index is 0.155. The van der Waals surface area contributed by atoms with E-state index in [1.54, 1.807) is 10.8 Å². The molecule has 0 bridgehead atoms. The van der Waals surface area contributed by atoms with Gasteiger partial charge in [0.05, 0.1) is 0 Å². The molecule has 0 saturated carbocycles. The minimum absolute atomic E-state index is 0.155. The molecule has 4 nitrogen and oxygen atoms in total. The molecule has 2 aromatic rings. The van der Waals surface area contributed by atoms with Gasteiger partial charge in [-0.2, -0.15) is 5.10 Å². The maximum atomic E-state index is 5.73. The predicted molar refractivity (Wildman–Crippen MR) is 50.3 cm³/mol. The zero-order valence-corrected chi connectivity index (χ0v) is 7.51. The van der Waals surface area contributed by atoms with Crippen molar-refractivity contribution in [2.75, 3.05) is 0 Å². The Bertz CT molecular complexity index is 405. The Labute approximate surface area is 76.4 Å². The number of hydrogen-bond donors (Lipinski definition) is 1. The average molecular weight is 176 g/mol.